The first-order chi connectivity index (χ1) is 10.5. The number of hydrogen-bond acceptors (Lipinski definition) is 4. The van der Waals surface area contributed by atoms with Gasteiger partial charge in [-0.15, -0.1) is 0 Å². The normalized spacial score (nSPS) is 11.5. The number of rotatable bonds is 4. The number of aryl methyl sites for hydroxylation is 1. The Labute approximate surface area is 126 Å². The number of furan rings is 1. The lowest BCUT2D eigenvalue weighted by molar-refractivity contribution is 0.534. The van der Waals surface area contributed by atoms with E-state index in [1.165, 1.54) is 30.5 Å². The van der Waals surface area contributed by atoms with Crippen molar-refractivity contribution < 1.29 is 17.2 Å². The fraction of sp³-hybridized carbons (Fsp3) is 0.0714. The Kier molecular flexibility index (Phi) is 3.45. The van der Waals surface area contributed by atoms with Crippen LogP contribution in [0.25, 0.3) is 11.5 Å². The van der Waals surface area contributed by atoms with Gasteiger partial charge in [0.25, 0.3) is 10.0 Å². The number of nitrogens with zero attached hydrogens (tertiary/aromatic N) is 1. The lowest BCUT2D eigenvalue weighted by atomic mass is 10.3. The minimum atomic E-state index is -3.88. The molecule has 0 radical (unpaired) electrons. The van der Waals surface area contributed by atoms with Crippen molar-refractivity contribution in [3.8, 4) is 11.5 Å². The third kappa shape index (κ3) is 2.73. The molecule has 0 amide bonds. The van der Waals surface area contributed by atoms with Gasteiger partial charge in [0.05, 0.1) is 5.69 Å². The van der Waals surface area contributed by atoms with Crippen LogP contribution in [0.4, 0.5) is 10.1 Å². The van der Waals surface area contributed by atoms with Crippen molar-refractivity contribution in [1.82, 2.24) is 10.2 Å². The Morgan fingerprint density at radius 2 is 2.09 bits per heavy atom. The summed E-state index contributed by atoms with van der Waals surface area (Å²) in [5, 5.41) is 6.48. The number of anilines is 1. The summed E-state index contributed by atoms with van der Waals surface area (Å²) >= 11 is 0. The first-order valence-electron chi connectivity index (χ1n) is 6.34. The highest BCUT2D eigenvalue weighted by Crippen LogP contribution is 2.28. The van der Waals surface area contributed by atoms with Gasteiger partial charge in [-0.2, -0.15) is 5.10 Å². The Morgan fingerprint density at radius 1 is 1.27 bits per heavy atom. The van der Waals surface area contributed by atoms with Crippen LogP contribution >= 0.6 is 0 Å². The highest BCUT2D eigenvalue weighted by Gasteiger charge is 2.22. The number of halogens is 1. The van der Waals surface area contributed by atoms with Crippen LogP contribution in [0.1, 0.15) is 5.76 Å². The molecule has 0 saturated heterocycles. The van der Waals surface area contributed by atoms with E-state index in [9.17, 15) is 12.8 Å². The molecule has 3 rings (SSSR count). The van der Waals surface area contributed by atoms with E-state index in [0.717, 1.165) is 6.07 Å². The summed E-state index contributed by atoms with van der Waals surface area (Å²) in [6.07, 6.45) is 1.53. The van der Waals surface area contributed by atoms with Gasteiger partial charge >= 0.3 is 0 Å². The summed E-state index contributed by atoms with van der Waals surface area (Å²) in [5.41, 5.74) is 0.707. The zero-order chi connectivity index (χ0) is 15.7. The molecule has 0 saturated carbocycles. The van der Waals surface area contributed by atoms with Crippen LogP contribution in [0.15, 0.2) is 51.9 Å². The molecule has 22 heavy (non-hydrogen) atoms. The molecule has 0 unspecified atom stereocenters. The fourth-order valence-corrected chi connectivity index (χ4v) is 3.25. The molecule has 0 aliphatic rings. The maximum atomic E-state index is 13.1. The summed E-state index contributed by atoms with van der Waals surface area (Å²) in [6, 6.07) is 8.27. The average molecular weight is 321 g/mol. The van der Waals surface area contributed by atoms with Gasteiger partial charge < -0.3 is 4.42 Å². The fourth-order valence-electron chi connectivity index (χ4n) is 2.02. The van der Waals surface area contributed by atoms with Gasteiger partial charge in [0, 0.05) is 12.3 Å². The second-order valence-corrected chi connectivity index (χ2v) is 6.27. The minimum Gasteiger partial charge on any atom is -0.458 e. The molecule has 0 atom stereocenters. The molecule has 0 spiro atoms. The maximum absolute atomic E-state index is 13.1. The van der Waals surface area contributed by atoms with Crippen molar-refractivity contribution in [1.29, 1.82) is 0 Å². The average Bonchev–Trinajstić information content (AvgIpc) is 3.07. The molecule has 2 aromatic heterocycles. The number of benzene rings is 1. The lowest BCUT2D eigenvalue weighted by Crippen LogP contribution is -2.13. The summed E-state index contributed by atoms with van der Waals surface area (Å²) in [7, 11) is -3.88. The number of sulfonamides is 1. The van der Waals surface area contributed by atoms with Gasteiger partial charge in [-0.05, 0) is 31.2 Å². The zero-order valence-corrected chi connectivity index (χ0v) is 12.3. The molecular formula is C14H12FN3O3S. The molecule has 0 aliphatic carbocycles. The van der Waals surface area contributed by atoms with E-state index in [1.807, 2.05) is 0 Å². The molecule has 3 aromatic rings. The van der Waals surface area contributed by atoms with Crippen LogP contribution in [0.3, 0.4) is 0 Å². The van der Waals surface area contributed by atoms with E-state index in [2.05, 4.69) is 14.9 Å². The highest BCUT2D eigenvalue weighted by atomic mass is 32.2. The molecule has 8 heteroatoms. The van der Waals surface area contributed by atoms with E-state index in [0.29, 0.717) is 11.5 Å². The van der Waals surface area contributed by atoms with Crippen LogP contribution < -0.4 is 4.72 Å². The maximum Gasteiger partial charge on any atom is 0.265 e. The van der Waals surface area contributed by atoms with E-state index in [-0.39, 0.29) is 16.3 Å². The predicted molar refractivity (Wildman–Crippen MR) is 78.2 cm³/mol. The van der Waals surface area contributed by atoms with Crippen LogP contribution in [-0.4, -0.2) is 18.6 Å². The largest absolute Gasteiger partial charge is 0.458 e. The number of nitrogens with one attached hydrogen (secondary N) is 2. The van der Waals surface area contributed by atoms with Crippen molar-refractivity contribution in [2.45, 2.75) is 11.8 Å². The van der Waals surface area contributed by atoms with Crippen molar-refractivity contribution in [2.24, 2.45) is 0 Å². The van der Waals surface area contributed by atoms with Crippen molar-refractivity contribution in [3.63, 3.8) is 0 Å². The smallest absolute Gasteiger partial charge is 0.265 e. The van der Waals surface area contributed by atoms with E-state index in [4.69, 9.17) is 4.42 Å². The summed E-state index contributed by atoms with van der Waals surface area (Å²) in [6.45, 7) is 1.54. The number of H-pyrrole nitrogens is 1. The Bertz CT molecular complexity index is 901. The highest BCUT2D eigenvalue weighted by molar-refractivity contribution is 7.92. The lowest BCUT2D eigenvalue weighted by Gasteiger charge is -2.06. The minimum absolute atomic E-state index is 0.0126. The van der Waals surface area contributed by atoms with Crippen LogP contribution in [0.2, 0.25) is 0 Å². The second-order valence-electron chi connectivity index (χ2n) is 4.62. The standard InChI is InChI=1S/C14H12FN3O3S/c1-9-14(8-13(21-9)12-5-6-16-17-12)22(19,20)18-11-4-2-3-10(15)7-11/h2-8,18H,1H3,(H,16,17). The number of aromatic nitrogens is 2. The first-order valence-corrected chi connectivity index (χ1v) is 7.82. The molecular weight excluding hydrogens is 309 g/mol. The monoisotopic (exact) mass is 321 g/mol. The van der Waals surface area contributed by atoms with Gasteiger partial charge in [0.15, 0.2) is 5.76 Å². The number of hydrogen-bond donors (Lipinski definition) is 2. The zero-order valence-electron chi connectivity index (χ0n) is 11.5. The second kappa shape index (κ2) is 5.30. The molecule has 6 nitrogen and oxygen atoms in total. The third-order valence-corrected chi connectivity index (χ3v) is 4.49. The summed E-state index contributed by atoms with van der Waals surface area (Å²) < 4.78 is 45.7. The van der Waals surface area contributed by atoms with Crippen molar-refractivity contribution >= 4 is 15.7 Å². The van der Waals surface area contributed by atoms with E-state index in [1.54, 1.807) is 13.0 Å². The summed E-state index contributed by atoms with van der Waals surface area (Å²) in [5.74, 6) is 0.0605. The third-order valence-electron chi connectivity index (χ3n) is 3.00. The van der Waals surface area contributed by atoms with Gasteiger partial charge in [-0.1, -0.05) is 6.07 Å². The molecule has 114 valence electrons. The molecule has 0 bridgehead atoms. The van der Waals surface area contributed by atoms with Crippen LogP contribution in [0, 0.1) is 12.7 Å². The van der Waals surface area contributed by atoms with Gasteiger partial charge in [-0.3, -0.25) is 9.82 Å². The SMILES string of the molecule is Cc1oc(-c2ccn[nH]2)cc1S(=O)(=O)Nc1cccc(F)c1. The summed E-state index contributed by atoms with van der Waals surface area (Å²) in [4.78, 5) is -0.0126. The van der Waals surface area contributed by atoms with Gasteiger partial charge in [-0.25, -0.2) is 12.8 Å². The molecule has 0 fully saturated rings. The Morgan fingerprint density at radius 3 is 2.77 bits per heavy atom. The molecule has 2 N–H and O–H groups in total. The molecule has 2 heterocycles. The topological polar surface area (TPSA) is 88.0 Å². The van der Waals surface area contributed by atoms with E-state index >= 15 is 0 Å². The van der Waals surface area contributed by atoms with Crippen LogP contribution in [-0.2, 0) is 10.0 Å². The predicted octanol–water partition coefficient (Wildman–Crippen LogP) is 2.92. The molecule has 0 aliphatic heterocycles. The Balaban J connectivity index is 1.96. The van der Waals surface area contributed by atoms with Gasteiger partial charge in [0.1, 0.15) is 22.2 Å². The Hall–Kier alpha value is -2.61. The quantitative estimate of drug-likeness (QED) is 0.773. The number of aromatic amines is 1. The van der Waals surface area contributed by atoms with Crippen molar-refractivity contribution in [2.75, 3.05) is 4.72 Å². The van der Waals surface area contributed by atoms with Gasteiger partial charge in [0.2, 0.25) is 0 Å². The van der Waals surface area contributed by atoms with Crippen LogP contribution in [0.5, 0.6) is 0 Å². The first kappa shape index (κ1) is 14.3. The van der Waals surface area contributed by atoms with Crippen molar-refractivity contribution in [3.05, 3.63) is 54.2 Å². The molecule has 1 aromatic carbocycles. The van der Waals surface area contributed by atoms with E-state index < -0.39 is 15.8 Å².